The van der Waals surface area contributed by atoms with Crippen molar-refractivity contribution in [3.05, 3.63) is 48.0 Å². The highest BCUT2D eigenvalue weighted by Gasteiger charge is 2.29. The summed E-state index contributed by atoms with van der Waals surface area (Å²) in [4.78, 5) is 0.0649. The minimum atomic E-state index is -3.55. The fourth-order valence-electron chi connectivity index (χ4n) is 2.27. The van der Waals surface area contributed by atoms with Crippen LogP contribution in [-0.4, -0.2) is 25.8 Å². The van der Waals surface area contributed by atoms with E-state index >= 15 is 0 Å². The Balaban J connectivity index is 2.01. The van der Waals surface area contributed by atoms with Crippen LogP contribution in [-0.2, 0) is 15.1 Å². The zero-order chi connectivity index (χ0) is 15.9. The lowest BCUT2D eigenvalue weighted by atomic mass is 10.0. The molecule has 4 nitrogen and oxygen atoms in total. The second-order valence-corrected chi connectivity index (χ2v) is 6.95. The van der Waals surface area contributed by atoms with E-state index in [0.717, 1.165) is 18.6 Å². The Kier molecular flexibility index (Phi) is 3.62. The molecule has 1 aliphatic heterocycles. The van der Waals surface area contributed by atoms with Crippen molar-refractivity contribution < 1.29 is 22.3 Å². The van der Waals surface area contributed by atoms with E-state index in [1.807, 2.05) is 0 Å². The van der Waals surface area contributed by atoms with Crippen LogP contribution in [0.5, 0.6) is 5.75 Å². The third-order valence-electron chi connectivity index (χ3n) is 3.65. The van der Waals surface area contributed by atoms with Crippen molar-refractivity contribution >= 4 is 10.0 Å². The van der Waals surface area contributed by atoms with Gasteiger partial charge in [-0.05, 0) is 36.2 Å². The van der Waals surface area contributed by atoms with Gasteiger partial charge in [0.2, 0.25) is 15.8 Å². The minimum Gasteiger partial charge on any atom is -0.287 e. The van der Waals surface area contributed by atoms with Gasteiger partial charge < -0.3 is 0 Å². The molecule has 1 radical (unpaired) electrons. The third-order valence-corrected chi connectivity index (χ3v) is 5.56. The van der Waals surface area contributed by atoms with Crippen molar-refractivity contribution in [2.24, 2.45) is 0 Å². The molecular formula is C15H12F2NO3S. The number of halogens is 2. The van der Waals surface area contributed by atoms with Gasteiger partial charge in [-0.3, -0.25) is 5.11 Å². The van der Waals surface area contributed by atoms with Crippen LogP contribution in [0.25, 0.3) is 11.1 Å². The first-order chi connectivity index (χ1) is 10.4. The number of hydrogen-bond acceptors (Lipinski definition) is 2. The quantitative estimate of drug-likeness (QED) is 0.871. The molecule has 0 saturated carbocycles. The fraction of sp³-hybridized carbons (Fsp3) is 0.200. The molecule has 3 rings (SSSR count). The van der Waals surface area contributed by atoms with Crippen molar-refractivity contribution in [3.63, 3.8) is 0 Å². The lowest BCUT2D eigenvalue weighted by molar-refractivity contribution is 0.309. The number of hydrogen-bond donors (Lipinski definition) is 0. The molecule has 0 spiro atoms. The lowest BCUT2D eigenvalue weighted by Crippen LogP contribution is -2.41. The Labute approximate surface area is 126 Å². The van der Waals surface area contributed by atoms with Gasteiger partial charge in [0, 0.05) is 13.1 Å². The maximum atomic E-state index is 13.8. The van der Waals surface area contributed by atoms with Crippen LogP contribution >= 0.6 is 0 Å². The zero-order valence-electron chi connectivity index (χ0n) is 11.4. The molecule has 0 atom stereocenters. The maximum Gasteiger partial charge on any atom is 0.243 e. The van der Waals surface area contributed by atoms with E-state index in [-0.39, 0.29) is 10.5 Å². The molecule has 2 aromatic carbocycles. The topological polar surface area (TPSA) is 57.3 Å². The Hall–Kier alpha value is -1.99. The third kappa shape index (κ3) is 2.36. The average molecular weight is 324 g/mol. The fourth-order valence-corrected chi connectivity index (χ4v) is 3.79. The number of benzene rings is 2. The molecule has 0 aromatic heterocycles. The van der Waals surface area contributed by atoms with E-state index in [0.29, 0.717) is 13.1 Å². The summed E-state index contributed by atoms with van der Waals surface area (Å²) in [5.41, 5.74) is -0.323. The summed E-state index contributed by atoms with van der Waals surface area (Å²) in [6, 6.07) is 6.89. The Bertz CT molecular complexity index is 815. The summed E-state index contributed by atoms with van der Waals surface area (Å²) >= 11 is 0. The highest BCUT2D eigenvalue weighted by Crippen LogP contribution is 2.32. The van der Waals surface area contributed by atoms with Gasteiger partial charge in [-0.2, -0.15) is 4.31 Å². The molecule has 1 aliphatic rings. The first-order valence-corrected chi connectivity index (χ1v) is 8.11. The van der Waals surface area contributed by atoms with Crippen LogP contribution in [0.4, 0.5) is 8.78 Å². The molecule has 0 aliphatic carbocycles. The molecule has 0 bridgehead atoms. The zero-order valence-corrected chi connectivity index (χ0v) is 12.2. The van der Waals surface area contributed by atoms with Crippen molar-refractivity contribution in [3.8, 4) is 16.9 Å². The highest BCUT2D eigenvalue weighted by molar-refractivity contribution is 7.89. The van der Waals surface area contributed by atoms with Gasteiger partial charge in [-0.15, -0.1) is 0 Å². The normalized spacial score (nSPS) is 15.5. The average Bonchev–Trinajstić information content (AvgIpc) is 2.42. The largest absolute Gasteiger partial charge is 0.287 e. The number of sulfonamides is 1. The van der Waals surface area contributed by atoms with Crippen LogP contribution in [0, 0.1) is 11.6 Å². The Morgan fingerprint density at radius 3 is 2.14 bits per heavy atom. The maximum absolute atomic E-state index is 13.8. The molecular weight excluding hydrogens is 312 g/mol. The van der Waals surface area contributed by atoms with Crippen LogP contribution in [0.3, 0.4) is 0 Å². The molecule has 115 valence electrons. The van der Waals surface area contributed by atoms with Gasteiger partial charge in [-0.25, -0.2) is 17.2 Å². The molecule has 2 aromatic rings. The van der Waals surface area contributed by atoms with Gasteiger partial charge in [0.05, 0.1) is 10.5 Å². The number of nitrogens with zero attached hydrogens (tertiary/aromatic N) is 1. The first kappa shape index (κ1) is 14.9. The van der Waals surface area contributed by atoms with Crippen LogP contribution in [0.1, 0.15) is 6.42 Å². The molecule has 7 heteroatoms. The van der Waals surface area contributed by atoms with Crippen molar-refractivity contribution in [2.75, 3.05) is 13.1 Å². The van der Waals surface area contributed by atoms with Crippen molar-refractivity contribution in [2.45, 2.75) is 11.3 Å². The summed E-state index contributed by atoms with van der Waals surface area (Å²) in [6.45, 7) is 0.955. The smallest absolute Gasteiger partial charge is 0.243 e. The second-order valence-electron chi connectivity index (χ2n) is 5.02. The predicted molar refractivity (Wildman–Crippen MR) is 75.3 cm³/mol. The molecule has 1 heterocycles. The monoisotopic (exact) mass is 324 g/mol. The van der Waals surface area contributed by atoms with Gasteiger partial charge in [0.15, 0.2) is 5.82 Å². The van der Waals surface area contributed by atoms with E-state index in [1.165, 1.54) is 28.6 Å². The van der Waals surface area contributed by atoms with Gasteiger partial charge in [-0.1, -0.05) is 12.1 Å². The van der Waals surface area contributed by atoms with Crippen molar-refractivity contribution in [1.29, 1.82) is 0 Å². The molecule has 0 amide bonds. The van der Waals surface area contributed by atoms with Crippen LogP contribution in [0.2, 0.25) is 0 Å². The van der Waals surface area contributed by atoms with E-state index in [4.69, 9.17) is 0 Å². The Morgan fingerprint density at radius 2 is 1.59 bits per heavy atom. The van der Waals surface area contributed by atoms with E-state index in [2.05, 4.69) is 0 Å². The van der Waals surface area contributed by atoms with Crippen LogP contribution < -0.4 is 0 Å². The number of rotatable bonds is 3. The minimum absolute atomic E-state index is 0.0649. The van der Waals surface area contributed by atoms with Gasteiger partial charge in [0.25, 0.3) is 0 Å². The van der Waals surface area contributed by atoms with Gasteiger partial charge in [0.1, 0.15) is 5.82 Å². The van der Waals surface area contributed by atoms with E-state index in [9.17, 15) is 22.3 Å². The van der Waals surface area contributed by atoms with Crippen LogP contribution in [0.15, 0.2) is 41.3 Å². The predicted octanol–water partition coefficient (Wildman–Crippen LogP) is 3.17. The highest BCUT2D eigenvalue weighted by atomic mass is 32.2. The lowest BCUT2D eigenvalue weighted by Gasteiger charge is -2.29. The molecule has 1 saturated heterocycles. The Morgan fingerprint density at radius 1 is 0.955 bits per heavy atom. The van der Waals surface area contributed by atoms with Gasteiger partial charge >= 0.3 is 0 Å². The summed E-state index contributed by atoms with van der Waals surface area (Å²) in [7, 11) is -3.55. The molecule has 0 unspecified atom stereocenters. The van der Waals surface area contributed by atoms with E-state index in [1.54, 1.807) is 0 Å². The molecule has 1 fully saturated rings. The summed E-state index contributed by atoms with van der Waals surface area (Å²) in [5.74, 6) is -2.96. The molecule has 22 heavy (non-hydrogen) atoms. The molecule has 0 N–H and O–H groups in total. The van der Waals surface area contributed by atoms with E-state index < -0.39 is 33.0 Å². The summed E-state index contributed by atoms with van der Waals surface area (Å²) < 4.78 is 53.2. The van der Waals surface area contributed by atoms with Crippen molar-refractivity contribution in [1.82, 2.24) is 4.31 Å². The summed E-state index contributed by atoms with van der Waals surface area (Å²) in [6.07, 6.45) is 0.823. The summed E-state index contributed by atoms with van der Waals surface area (Å²) in [5, 5.41) is 11.3. The standard InChI is InChI=1S/C15H12F2NO3S/c16-12-6-7-13(19)15(17)14(12)10-2-4-11(5-3-10)22(20,21)18-8-1-9-18/h2-7H,1,8-9H2. The first-order valence-electron chi connectivity index (χ1n) is 6.67. The SMILES string of the molecule is [O]c1ccc(F)c(-c2ccc(S(=O)(=O)N3CCC3)cc2)c1F. The second kappa shape index (κ2) is 5.33.